The number of aromatic amines is 1. The van der Waals surface area contributed by atoms with Gasteiger partial charge >= 0.3 is 0 Å². The van der Waals surface area contributed by atoms with Gasteiger partial charge in [-0.05, 0) is 31.5 Å². The van der Waals surface area contributed by atoms with Crippen LogP contribution in [0.15, 0.2) is 24.3 Å². The van der Waals surface area contributed by atoms with E-state index in [1.54, 1.807) is 0 Å². The number of nitrogens with one attached hydrogen (secondary N) is 2. The highest BCUT2D eigenvalue weighted by Gasteiger charge is 2.00. The minimum absolute atomic E-state index is 0.270. The van der Waals surface area contributed by atoms with Crippen LogP contribution in [0.5, 0.6) is 0 Å². The lowest BCUT2D eigenvalue weighted by molar-refractivity contribution is 0.283. The second-order valence-corrected chi connectivity index (χ2v) is 3.81. The smallest absolute Gasteiger partial charge is 0.121 e. The SMILES string of the molecule is OCCCCNCc1nc2ccccc2[nH]1. The normalized spacial score (nSPS) is 11.1. The molecule has 0 bridgehead atoms. The summed E-state index contributed by atoms with van der Waals surface area (Å²) < 4.78 is 0. The van der Waals surface area contributed by atoms with Gasteiger partial charge < -0.3 is 15.4 Å². The van der Waals surface area contributed by atoms with E-state index >= 15 is 0 Å². The molecule has 2 aromatic rings. The Kier molecular flexibility index (Phi) is 3.91. The van der Waals surface area contributed by atoms with Crippen molar-refractivity contribution in [2.45, 2.75) is 19.4 Å². The Morgan fingerprint density at radius 2 is 2.12 bits per heavy atom. The fourth-order valence-corrected chi connectivity index (χ4v) is 1.66. The molecular weight excluding hydrogens is 202 g/mol. The molecule has 4 heteroatoms. The lowest BCUT2D eigenvalue weighted by Crippen LogP contribution is -2.15. The Balaban J connectivity index is 1.85. The molecule has 86 valence electrons. The topological polar surface area (TPSA) is 60.9 Å². The number of nitrogens with zero attached hydrogens (tertiary/aromatic N) is 1. The third-order valence-corrected chi connectivity index (χ3v) is 2.49. The molecule has 0 saturated carbocycles. The van der Waals surface area contributed by atoms with Gasteiger partial charge in [0.2, 0.25) is 0 Å². The molecule has 0 fully saturated rings. The van der Waals surface area contributed by atoms with Crippen LogP contribution in [0.3, 0.4) is 0 Å². The van der Waals surface area contributed by atoms with Gasteiger partial charge in [-0.1, -0.05) is 12.1 Å². The van der Waals surface area contributed by atoms with E-state index in [4.69, 9.17) is 5.11 Å². The molecule has 0 atom stereocenters. The predicted octanol–water partition coefficient (Wildman–Crippen LogP) is 1.42. The van der Waals surface area contributed by atoms with Crippen LogP contribution in [0.4, 0.5) is 0 Å². The molecule has 1 aromatic carbocycles. The maximum Gasteiger partial charge on any atom is 0.121 e. The van der Waals surface area contributed by atoms with E-state index in [-0.39, 0.29) is 6.61 Å². The highest BCUT2D eigenvalue weighted by Crippen LogP contribution is 2.09. The van der Waals surface area contributed by atoms with E-state index in [0.29, 0.717) is 0 Å². The Morgan fingerprint density at radius 3 is 2.94 bits per heavy atom. The van der Waals surface area contributed by atoms with Crippen LogP contribution in [-0.4, -0.2) is 28.2 Å². The van der Waals surface area contributed by atoms with Crippen LogP contribution in [0, 0.1) is 0 Å². The summed E-state index contributed by atoms with van der Waals surface area (Å²) in [4.78, 5) is 7.73. The first-order valence-corrected chi connectivity index (χ1v) is 5.65. The standard InChI is InChI=1S/C12H17N3O/c16-8-4-3-7-13-9-12-14-10-5-1-2-6-11(10)15-12/h1-2,5-6,13,16H,3-4,7-9H2,(H,14,15). The van der Waals surface area contributed by atoms with Gasteiger partial charge in [0, 0.05) is 6.61 Å². The third-order valence-electron chi connectivity index (χ3n) is 2.49. The highest BCUT2D eigenvalue weighted by atomic mass is 16.2. The summed E-state index contributed by atoms with van der Waals surface area (Å²) in [5, 5.41) is 11.9. The average molecular weight is 219 g/mol. The molecule has 0 unspecified atom stereocenters. The number of unbranched alkanes of at least 4 members (excludes halogenated alkanes) is 1. The summed E-state index contributed by atoms with van der Waals surface area (Å²) in [5.41, 5.74) is 2.09. The second-order valence-electron chi connectivity index (χ2n) is 3.81. The van der Waals surface area contributed by atoms with E-state index in [0.717, 1.165) is 42.8 Å². The van der Waals surface area contributed by atoms with E-state index < -0.39 is 0 Å². The number of hydrogen-bond acceptors (Lipinski definition) is 3. The monoisotopic (exact) mass is 219 g/mol. The molecule has 0 aliphatic carbocycles. The highest BCUT2D eigenvalue weighted by molar-refractivity contribution is 5.74. The number of fused-ring (bicyclic) bond motifs is 1. The maximum absolute atomic E-state index is 8.63. The van der Waals surface area contributed by atoms with Crippen LogP contribution in [0.25, 0.3) is 11.0 Å². The van der Waals surface area contributed by atoms with Crippen LogP contribution >= 0.6 is 0 Å². The van der Waals surface area contributed by atoms with Crippen molar-refractivity contribution in [2.75, 3.05) is 13.2 Å². The zero-order valence-corrected chi connectivity index (χ0v) is 9.24. The van der Waals surface area contributed by atoms with Crippen molar-refractivity contribution in [1.29, 1.82) is 0 Å². The van der Waals surface area contributed by atoms with Crippen molar-refractivity contribution in [3.8, 4) is 0 Å². The summed E-state index contributed by atoms with van der Waals surface area (Å²) in [6, 6.07) is 8.01. The summed E-state index contributed by atoms with van der Waals surface area (Å²) in [6.07, 6.45) is 1.85. The second kappa shape index (κ2) is 5.63. The van der Waals surface area contributed by atoms with Crippen LogP contribution in [0.1, 0.15) is 18.7 Å². The molecule has 0 aliphatic rings. The van der Waals surface area contributed by atoms with Gasteiger partial charge in [0.1, 0.15) is 5.82 Å². The van der Waals surface area contributed by atoms with Crippen molar-refractivity contribution in [2.24, 2.45) is 0 Å². The Bertz CT molecular complexity index is 406. The molecule has 0 spiro atoms. The molecule has 0 saturated heterocycles. The van der Waals surface area contributed by atoms with Gasteiger partial charge in [0.25, 0.3) is 0 Å². The molecule has 0 radical (unpaired) electrons. The molecule has 0 amide bonds. The zero-order valence-electron chi connectivity index (χ0n) is 9.24. The van der Waals surface area contributed by atoms with Crippen molar-refractivity contribution in [3.05, 3.63) is 30.1 Å². The number of aliphatic hydroxyl groups is 1. The van der Waals surface area contributed by atoms with E-state index in [1.165, 1.54) is 0 Å². The molecule has 0 aliphatic heterocycles. The van der Waals surface area contributed by atoms with Gasteiger partial charge in [0.05, 0.1) is 17.6 Å². The Labute approximate surface area is 94.7 Å². The predicted molar refractivity (Wildman–Crippen MR) is 64.1 cm³/mol. The van der Waals surface area contributed by atoms with Gasteiger partial charge in [0.15, 0.2) is 0 Å². The fraction of sp³-hybridized carbons (Fsp3) is 0.417. The molecule has 16 heavy (non-hydrogen) atoms. The molecule has 1 heterocycles. The lowest BCUT2D eigenvalue weighted by Gasteiger charge is -2.00. The van der Waals surface area contributed by atoms with E-state index in [1.807, 2.05) is 24.3 Å². The molecule has 4 nitrogen and oxygen atoms in total. The number of H-pyrrole nitrogens is 1. The molecular formula is C12H17N3O. The number of aliphatic hydroxyl groups excluding tert-OH is 1. The van der Waals surface area contributed by atoms with E-state index in [2.05, 4.69) is 15.3 Å². The quantitative estimate of drug-likeness (QED) is 0.644. The lowest BCUT2D eigenvalue weighted by atomic mass is 10.3. The molecule has 1 aromatic heterocycles. The van der Waals surface area contributed by atoms with Gasteiger partial charge in [-0.3, -0.25) is 0 Å². The van der Waals surface area contributed by atoms with Crippen molar-refractivity contribution in [1.82, 2.24) is 15.3 Å². The summed E-state index contributed by atoms with van der Waals surface area (Å²) in [6.45, 7) is 1.93. The van der Waals surface area contributed by atoms with E-state index in [9.17, 15) is 0 Å². The van der Waals surface area contributed by atoms with Crippen LogP contribution in [0.2, 0.25) is 0 Å². The summed E-state index contributed by atoms with van der Waals surface area (Å²) >= 11 is 0. The minimum Gasteiger partial charge on any atom is -0.396 e. The average Bonchev–Trinajstić information content (AvgIpc) is 2.71. The van der Waals surface area contributed by atoms with Crippen molar-refractivity contribution < 1.29 is 5.11 Å². The number of rotatable bonds is 6. The first kappa shape index (κ1) is 11.1. The molecule has 2 rings (SSSR count). The third kappa shape index (κ3) is 2.81. The summed E-state index contributed by atoms with van der Waals surface area (Å²) in [7, 11) is 0. The number of benzene rings is 1. The first-order chi connectivity index (χ1) is 7.90. The van der Waals surface area contributed by atoms with Gasteiger partial charge in [-0.25, -0.2) is 4.98 Å². The molecule has 3 N–H and O–H groups in total. The fourth-order valence-electron chi connectivity index (χ4n) is 1.66. The Morgan fingerprint density at radius 1 is 1.25 bits per heavy atom. The Hall–Kier alpha value is -1.39. The maximum atomic E-state index is 8.63. The number of imidazole rings is 1. The first-order valence-electron chi connectivity index (χ1n) is 5.65. The number of hydrogen-bond donors (Lipinski definition) is 3. The number of aromatic nitrogens is 2. The zero-order chi connectivity index (χ0) is 11.2. The largest absolute Gasteiger partial charge is 0.396 e. The van der Waals surface area contributed by atoms with Gasteiger partial charge in [-0.15, -0.1) is 0 Å². The minimum atomic E-state index is 0.270. The summed E-state index contributed by atoms with van der Waals surface area (Å²) in [5.74, 6) is 0.963. The van der Waals surface area contributed by atoms with Crippen molar-refractivity contribution >= 4 is 11.0 Å². The van der Waals surface area contributed by atoms with Crippen LogP contribution in [-0.2, 0) is 6.54 Å². The van der Waals surface area contributed by atoms with Crippen molar-refractivity contribution in [3.63, 3.8) is 0 Å². The number of para-hydroxylation sites is 2. The van der Waals surface area contributed by atoms with Gasteiger partial charge in [-0.2, -0.15) is 0 Å². The van der Waals surface area contributed by atoms with Crippen LogP contribution < -0.4 is 5.32 Å².